The molecule has 0 heterocycles. The van der Waals surface area contributed by atoms with E-state index in [0.29, 0.717) is 6.29 Å². The fourth-order valence-electron chi connectivity index (χ4n) is 1.91. The molecule has 0 aromatic rings. The zero-order valence-corrected chi connectivity index (χ0v) is 7.64. The van der Waals surface area contributed by atoms with Crippen LogP contribution < -0.4 is 0 Å². The highest BCUT2D eigenvalue weighted by atomic mass is 16.3. The van der Waals surface area contributed by atoms with Gasteiger partial charge in [-0.15, -0.1) is 0 Å². The summed E-state index contributed by atoms with van der Waals surface area (Å²) in [5, 5.41) is 9.50. The Balaban J connectivity index is 2.74. The first-order valence-corrected chi connectivity index (χ1v) is 4.53. The molecule has 1 rings (SSSR count). The number of rotatable bonds is 3. The Labute approximate surface area is 77.4 Å². The van der Waals surface area contributed by atoms with E-state index in [4.69, 9.17) is 0 Å². The van der Waals surface area contributed by atoms with Gasteiger partial charge in [-0.1, -0.05) is 13.0 Å². The maximum absolute atomic E-state index is 11.3. The summed E-state index contributed by atoms with van der Waals surface area (Å²) in [6.45, 7) is 1.92. The van der Waals surface area contributed by atoms with E-state index in [1.165, 1.54) is 6.08 Å². The van der Waals surface area contributed by atoms with E-state index in [0.717, 1.165) is 6.42 Å². The van der Waals surface area contributed by atoms with Crippen LogP contribution in [-0.2, 0) is 9.59 Å². The van der Waals surface area contributed by atoms with Crippen molar-refractivity contribution in [1.29, 1.82) is 0 Å². The van der Waals surface area contributed by atoms with Crippen molar-refractivity contribution in [3.05, 3.63) is 12.2 Å². The zero-order chi connectivity index (χ0) is 9.84. The Morgan fingerprint density at radius 3 is 2.85 bits per heavy atom. The van der Waals surface area contributed by atoms with E-state index in [2.05, 4.69) is 0 Å². The molecule has 1 aliphatic carbocycles. The molecule has 3 nitrogen and oxygen atoms in total. The number of aliphatic hydroxyl groups is 1. The molecule has 1 N–H and O–H groups in total. The minimum absolute atomic E-state index is 0.105. The van der Waals surface area contributed by atoms with Crippen LogP contribution >= 0.6 is 0 Å². The number of ketones is 1. The summed E-state index contributed by atoms with van der Waals surface area (Å²) in [6.07, 6.45) is 4.01. The van der Waals surface area contributed by atoms with Gasteiger partial charge in [0.15, 0.2) is 0 Å². The molecule has 0 radical (unpaired) electrons. The van der Waals surface area contributed by atoms with Gasteiger partial charge in [-0.3, -0.25) is 9.59 Å². The molecule has 3 unspecified atom stereocenters. The molecule has 0 aliphatic heterocycles. The second kappa shape index (κ2) is 4.33. The average Bonchev–Trinajstić information content (AvgIpc) is 2.37. The molecular formula is C10H14O3. The quantitative estimate of drug-likeness (QED) is 0.516. The van der Waals surface area contributed by atoms with Crippen LogP contribution in [0, 0.1) is 11.8 Å². The molecule has 72 valence electrons. The third-order valence-electron chi connectivity index (χ3n) is 2.58. The van der Waals surface area contributed by atoms with E-state index in [1.54, 1.807) is 6.08 Å². The van der Waals surface area contributed by atoms with Gasteiger partial charge in [0.1, 0.15) is 12.1 Å². The average molecular weight is 182 g/mol. The lowest BCUT2D eigenvalue weighted by atomic mass is 9.92. The SMILES string of the molecule is CCC1C(=O)CC(O)C1C=CC=O. The first kappa shape index (κ1) is 10.1. The maximum atomic E-state index is 11.3. The number of hydrogen-bond acceptors (Lipinski definition) is 3. The number of aldehydes is 1. The van der Waals surface area contributed by atoms with Gasteiger partial charge in [0.2, 0.25) is 0 Å². The Hall–Kier alpha value is -0.960. The summed E-state index contributed by atoms with van der Waals surface area (Å²) >= 11 is 0. The van der Waals surface area contributed by atoms with Crippen molar-refractivity contribution >= 4 is 12.1 Å². The standard InChI is InChI=1S/C10H14O3/c1-2-7-8(4-3-5-11)10(13)6-9(7)12/h3-5,7-8,10,13H,2,6H2,1H3. The molecule has 1 saturated carbocycles. The van der Waals surface area contributed by atoms with Crippen molar-refractivity contribution in [2.45, 2.75) is 25.9 Å². The first-order valence-electron chi connectivity index (χ1n) is 4.53. The van der Waals surface area contributed by atoms with Gasteiger partial charge >= 0.3 is 0 Å². The lowest BCUT2D eigenvalue weighted by Gasteiger charge is -2.14. The first-order chi connectivity index (χ1) is 6.20. The lowest BCUT2D eigenvalue weighted by Crippen LogP contribution is -2.17. The topological polar surface area (TPSA) is 54.4 Å². The van der Waals surface area contributed by atoms with Gasteiger partial charge < -0.3 is 5.11 Å². The number of carbonyl (C=O) groups is 2. The largest absolute Gasteiger partial charge is 0.392 e. The normalized spacial score (nSPS) is 34.3. The smallest absolute Gasteiger partial charge is 0.142 e. The van der Waals surface area contributed by atoms with Crippen LogP contribution in [-0.4, -0.2) is 23.3 Å². The van der Waals surface area contributed by atoms with Crippen LogP contribution in [0.25, 0.3) is 0 Å². The summed E-state index contributed by atoms with van der Waals surface area (Å²) in [5.74, 6) is -0.163. The van der Waals surface area contributed by atoms with Crippen molar-refractivity contribution in [2.75, 3.05) is 0 Å². The molecule has 3 heteroatoms. The van der Waals surface area contributed by atoms with Gasteiger partial charge in [-0.05, 0) is 12.5 Å². The van der Waals surface area contributed by atoms with Gasteiger partial charge in [-0.2, -0.15) is 0 Å². The fourth-order valence-corrected chi connectivity index (χ4v) is 1.91. The summed E-state index contributed by atoms with van der Waals surface area (Å²) in [7, 11) is 0. The van der Waals surface area contributed by atoms with Gasteiger partial charge in [0.05, 0.1) is 6.10 Å². The molecular weight excluding hydrogens is 168 g/mol. The molecule has 0 amide bonds. The third kappa shape index (κ3) is 2.04. The zero-order valence-electron chi connectivity index (χ0n) is 7.64. The molecule has 13 heavy (non-hydrogen) atoms. The second-order valence-electron chi connectivity index (χ2n) is 3.35. The highest BCUT2D eigenvalue weighted by molar-refractivity contribution is 5.84. The predicted molar refractivity (Wildman–Crippen MR) is 48.1 cm³/mol. The molecule has 0 saturated heterocycles. The molecule has 0 aromatic carbocycles. The Kier molecular flexibility index (Phi) is 3.37. The number of allylic oxidation sites excluding steroid dienone is 1. The van der Waals surface area contributed by atoms with E-state index in [1.807, 2.05) is 6.92 Å². The number of hydrogen-bond donors (Lipinski definition) is 1. The highest BCUT2D eigenvalue weighted by Crippen LogP contribution is 2.32. The van der Waals surface area contributed by atoms with Crippen molar-refractivity contribution in [2.24, 2.45) is 11.8 Å². The number of Topliss-reactive ketones (excluding diaryl/α,β-unsaturated/α-hetero) is 1. The minimum atomic E-state index is -0.603. The summed E-state index contributed by atoms with van der Waals surface area (Å²) in [5.41, 5.74) is 0. The Morgan fingerprint density at radius 1 is 1.62 bits per heavy atom. The minimum Gasteiger partial charge on any atom is -0.392 e. The monoisotopic (exact) mass is 182 g/mol. The second-order valence-corrected chi connectivity index (χ2v) is 3.35. The summed E-state index contributed by atoms with van der Waals surface area (Å²) in [6, 6.07) is 0. The molecule has 0 aromatic heterocycles. The van der Waals surface area contributed by atoms with E-state index >= 15 is 0 Å². The van der Waals surface area contributed by atoms with Crippen LogP contribution in [0.2, 0.25) is 0 Å². The maximum Gasteiger partial charge on any atom is 0.142 e. The van der Waals surface area contributed by atoms with E-state index in [9.17, 15) is 14.7 Å². The van der Waals surface area contributed by atoms with Gasteiger partial charge in [0, 0.05) is 18.3 Å². The lowest BCUT2D eigenvalue weighted by molar-refractivity contribution is -0.121. The molecule has 1 fully saturated rings. The van der Waals surface area contributed by atoms with Crippen LogP contribution in [0.1, 0.15) is 19.8 Å². The highest BCUT2D eigenvalue weighted by Gasteiger charge is 2.38. The fraction of sp³-hybridized carbons (Fsp3) is 0.600. The van der Waals surface area contributed by atoms with Crippen molar-refractivity contribution in [3.63, 3.8) is 0 Å². The van der Waals surface area contributed by atoms with Crippen molar-refractivity contribution in [1.82, 2.24) is 0 Å². The van der Waals surface area contributed by atoms with Gasteiger partial charge in [0.25, 0.3) is 0 Å². The van der Waals surface area contributed by atoms with Crippen LogP contribution in [0.3, 0.4) is 0 Å². The van der Waals surface area contributed by atoms with E-state index < -0.39 is 6.10 Å². The number of carbonyl (C=O) groups excluding carboxylic acids is 2. The molecule has 0 spiro atoms. The van der Waals surface area contributed by atoms with Crippen LogP contribution in [0.4, 0.5) is 0 Å². The van der Waals surface area contributed by atoms with Crippen molar-refractivity contribution < 1.29 is 14.7 Å². The third-order valence-corrected chi connectivity index (χ3v) is 2.58. The Morgan fingerprint density at radius 2 is 2.31 bits per heavy atom. The summed E-state index contributed by atoms with van der Waals surface area (Å²) in [4.78, 5) is 21.4. The summed E-state index contributed by atoms with van der Waals surface area (Å²) < 4.78 is 0. The molecule has 1 aliphatic rings. The van der Waals surface area contributed by atoms with E-state index in [-0.39, 0.29) is 24.0 Å². The molecule has 0 bridgehead atoms. The van der Waals surface area contributed by atoms with Crippen molar-refractivity contribution in [3.8, 4) is 0 Å². The predicted octanol–water partition coefficient (Wildman–Crippen LogP) is 0.718. The van der Waals surface area contributed by atoms with Gasteiger partial charge in [-0.25, -0.2) is 0 Å². The number of aliphatic hydroxyl groups excluding tert-OH is 1. The Bertz CT molecular complexity index is 232. The van der Waals surface area contributed by atoms with Crippen LogP contribution in [0.5, 0.6) is 0 Å². The van der Waals surface area contributed by atoms with Crippen LogP contribution in [0.15, 0.2) is 12.2 Å². The molecule has 3 atom stereocenters.